The lowest BCUT2D eigenvalue weighted by molar-refractivity contribution is -0.137. The second kappa shape index (κ2) is 10.7. The number of rotatable bonds is 5. The molecule has 0 spiro atoms. The van der Waals surface area contributed by atoms with Crippen molar-refractivity contribution >= 4 is 40.6 Å². The Labute approximate surface area is 179 Å². The minimum Gasteiger partial charge on any atom is -0.507 e. The summed E-state index contributed by atoms with van der Waals surface area (Å²) in [6, 6.07) is 0.583. The van der Waals surface area contributed by atoms with Crippen molar-refractivity contribution in [1.82, 2.24) is 10.2 Å². The van der Waals surface area contributed by atoms with Crippen molar-refractivity contribution in [3.05, 3.63) is 29.3 Å². The van der Waals surface area contributed by atoms with Gasteiger partial charge in [0.05, 0.1) is 11.1 Å². The van der Waals surface area contributed by atoms with E-state index < -0.39 is 52.0 Å². The molecule has 1 aromatic rings. The molecule has 0 saturated heterocycles. The molecule has 0 aliphatic rings. The van der Waals surface area contributed by atoms with Crippen molar-refractivity contribution < 1.29 is 32.7 Å². The predicted octanol–water partition coefficient (Wildman–Crippen LogP) is 0.507. The van der Waals surface area contributed by atoms with E-state index in [0.717, 1.165) is 13.0 Å². The fourth-order valence-corrected chi connectivity index (χ4v) is 2.84. The van der Waals surface area contributed by atoms with Crippen LogP contribution in [0.5, 0.6) is 5.75 Å². The molecule has 10 nitrogen and oxygen atoms in total. The van der Waals surface area contributed by atoms with E-state index in [0.29, 0.717) is 23.9 Å². The van der Waals surface area contributed by atoms with E-state index in [9.17, 15) is 32.7 Å². The molecular weight excluding hydrogens is 441 g/mol. The maximum absolute atomic E-state index is 12.7. The molecule has 1 rings (SSSR count). The van der Waals surface area contributed by atoms with E-state index in [1.54, 1.807) is 14.1 Å². The van der Waals surface area contributed by atoms with Gasteiger partial charge in [-0.15, -0.1) is 0 Å². The van der Waals surface area contributed by atoms with Gasteiger partial charge in [-0.3, -0.25) is 14.4 Å². The van der Waals surface area contributed by atoms with Gasteiger partial charge >= 0.3 is 6.18 Å². The zero-order valence-electron chi connectivity index (χ0n) is 16.7. The number of carbonyl (C=O) groups excluding carboxylic acids is 3. The van der Waals surface area contributed by atoms with Crippen molar-refractivity contribution in [1.29, 1.82) is 0 Å². The Kier molecular flexibility index (Phi) is 8.85. The Bertz CT molecular complexity index is 918. The molecule has 0 radical (unpaired) electrons. The highest BCUT2D eigenvalue weighted by Crippen LogP contribution is 2.33. The Hall–Kier alpha value is -3.29. The monoisotopic (exact) mass is 462 g/mol. The SMILES string of the molecule is CC(=O)NC(CSC(=O)c1ccc(C(F)(F)F)cc1O)C(=O)N=C(N)/N=C(\N)N(C)C. The van der Waals surface area contributed by atoms with Crippen LogP contribution in [0.25, 0.3) is 0 Å². The molecule has 0 aliphatic heterocycles. The maximum atomic E-state index is 12.7. The molecule has 1 atom stereocenters. The van der Waals surface area contributed by atoms with Crippen LogP contribution in [0.15, 0.2) is 28.2 Å². The number of hydrogen-bond donors (Lipinski definition) is 4. The first-order chi connectivity index (χ1) is 14.2. The minimum absolute atomic E-state index is 0.0348. The van der Waals surface area contributed by atoms with Crippen molar-refractivity contribution in [3.8, 4) is 5.75 Å². The first kappa shape index (κ1) is 25.7. The smallest absolute Gasteiger partial charge is 0.416 e. The standard InChI is InChI=1S/C17H21F3N6O4S/c1-8(27)23-11(13(29)24-15(21)25-16(22)26(2)3)7-31-14(30)10-5-4-9(6-12(10)28)17(18,19)20/h4-6,11,28H,7H2,1-3H3,(H,23,27)(H4,21,22,24,25,29). The number of alkyl halides is 3. The van der Waals surface area contributed by atoms with Crippen LogP contribution in [0, 0.1) is 0 Å². The van der Waals surface area contributed by atoms with Gasteiger partial charge in [-0.25, -0.2) is 0 Å². The number of guanidine groups is 2. The predicted molar refractivity (Wildman–Crippen MR) is 109 cm³/mol. The number of amides is 2. The van der Waals surface area contributed by atoms with Crippen LogP contribution in [-0.4, -0.2) is 64.7 Å². The lowest BCUT2D eigenvalue weighted by Gasteiger charge is -2.14. The molecular formula is C17H21F3N6O4S. The summed E-state index contributed by atoms with van der Waals surface area (Å²) in [5.74, 6) is -3.25. The number of nitrogens with zero attached hydrogens (tertiary/aromatic N) is 3. The van der Waals surface area contributed by atoms with E-state index in [1.165, 1.54) is 4.90 Å². The van der Waals surface area contributed by atoms with Gasteiger partial charge in [-0.1, -0.05) is 11.8 Å². The number of carbonyl (C=O) groups is 3. The van der Waals surface area contributed by atoms with E-state index >= 15 is 0 Å². The molecule has 0 heterocycles. The topological polar surface area (TPSA) is 163 Å². The first-order valence-electron chi connectivity index (χ1n) is 8.46. The molecule has 0 aromatic heterocycles. The molecule has 0 aliphatic carbocycles. The molecule has 0 fully saturated rings. The van der Waals surface area contributed by atoms with Gasteiger partial charge in [0.2, 0.25) is 17.0 Å². The highest BCUT2D eigenvalue weighted by atomic mass is 32.2. The van der Waals surface area contributed by atoms with Crippen molar-refractivity contribution in [2.45, 2.75) is 19.1 Å². The van der Waals surface area contributed by atoms with Crippen LogP contribution in [0.3, 0.4) is 0 Å². The third-order valence-corrected chi connectivity index (χ3v) is 4.50. The molecule has 0 saturated carbocycles. The van der Waals surface area contributed by atoms with Crippen molar-refractivity contribution in [2.24, 2.45) is 21.5 Å². The number of thioether (sulfide) groups is 1. The molecule has 1 aromatic carbocycles. The van der Waals surface area contributed by atoms with Gasteiger partial charge in [-0.2, -0.15) is 23.2 Å². The Morgan fingerprint density at radius 3 is 2.32 bits per heavy atom. The summed E-state index contributed by atoms with van der Waals surface area (Å²) in [4.78, 5) is 44.5. The van der Waals surface area contributed by atoms with Crippen LogP contribution >= 0.6 is 11.8 Å². The molecule has 14 heteroatoms. The van der Waals surface area contributed by atoms with Crippen molar-refractivity contribution in [2.75, 3.05) is 19.8 Å². The third kappa shape index (κ3) is 8.16. The number of phenols is 1. The second-order valence-electron chi connectivity index (χ2n) is 6.25. The normalized spacial score (nSPS) is 13.5. The highest BCUT2D eigenvalue weighted by molar-refractivity contribution is 8.14. The van der Waals surface area contributed by atoms with E-state index in [-0.39, 0.29) is 11.7 Å². The Morgan fingerprint density at radius 2 is 1.84 bits per heavy atom. The Morgan fingerprint density at radius 1 is 1.23 bits per heavy atom. The highest BCUT2D eigenvalue weighted by Gasteiger charge is 2.32. The van der Waals surface area contributed by atoms with Crippen molar-refractivity contribution in [3.63, 3.8) is 0 Å². The average Bonchev–Trinajstić information content (AvgIpc) is 2.63. The number of halogens is 3. The minimum atomic E-state index is -4.69. The van der Waals surface area contributed by atoms with Gasteiger partial charge in [0.1, 0.15) is 11.8 Å². The van der Waals surface area contributed by atoms with Gasteiger partial charge < -0.3 is 26.8 Å². The lowest BCUT2D eigenvalue weighted by atomic mass is 10.1. The zero-order valence-corrected chi connectivity index (χ0v) is 17.5. The molecule has 31 heavy (non-hydrogen) atoms. The van der Waals surface area contributed by atoms with Crippen LogP contribution in [-0.2, 0) is 15.8 Å². The first-order valence-corrected chi connectivity index (χ1v) is 9.44. The summed E-state index contributed by atoms with van der Waals surface area (Å²) >= 11 is 0.487. The van der Waals surface area contributed by atoms with Crippen LogP contribution < -0.4 is 16.8 Å². The lowest BCUT2D eigenvalue weighted by Crippen LogP contribution is -2.42. The summed E-state index contributed by atoms with van der Waals surface area (Å²) in [5.41, 5.74) is 9.56. The molecule has 0 bridgehead atoms. The third-order valence-electron chi connectivity index (χ3n) is 3.51. The number of nitrogens with two attached hydrogens (primary N) is 2. The fraction of sp³-hybridized carbons (Fsp3) is 0.353. The van der Waals surface area contributed by atoms with E-state index in [1.807, 2.05) is 0 Å². The van der Waals surface area contributed by atoms with Crippen LogP contribution in [0.1, 0.15) is 22.8 Å². The molecule has 1 unspecified atom stereocenters. The van der Waals surface area contributed by atoms with Gasteiger partial charge in [0.25, 0.3) is 5.91 Å². The van der Waals surface area contributed by atoms with E-state index in [2.05, 4.69) is 15.3 Å². The molecule has 2 amide bonds. The number of benzene rings is 1. The quantitative estimate of drug-likeness (QED) is 0.363. The summed E-state index contributed by atoms with van der Waals surface area (Å²) in [5, 5.41) is 11.2. The number of hydrogen-bond acceptors (Lipinski definition) is 5. The number of aliphatic imine (C=N–C) groups is 2. The summed E-state index contributed by atoms with van der Waals surface area (Å²) < 4.78 is 38.0. The summed E-state index contributed by atoms with van der Waals surface area (Å²) in [6.07, 6.45) is -4.69. The van der Waals surface area contributed by atoms with Gasteiger partial charge in [0.15, 0.2) is 5.96 Å². The maximum Gasteiger partial charge on any atom is 0.416 e. The number of phenolic OH excluding ortho intramolecular Hbond substituents is 1. The van der Waals surface area contributed by atoms with E-state index in [4.69, 9.17) is 11.5 Å². The Balaban J connectivity index is 2.96. The largest absolute Gasteiger partial charge is 0.507 e. The molecule has 6 N–H and O–H groups in total. The van der Waals surface area contributed by atoms with Crippen LogP contribution in [0.2, 0.25) is 0 Å². The summed E-state index contributed by atoms with van der Waals surface area (Å²) in [6.45, 7) is 1.13. The summed E-state index contributed by atoms with van der Waals surface area (Å²) in [7, 11) is 3.15. The van der Waals surface area contributed by atoms with Gasteiger partial charge in [-0.05, 0) is 18.2 Å². The number of nitrogens with one attached hydrogen (secondary N) is 1. The average molecular weight is 462 g/mol. The molecule has 170 valence electrons. The second-order valence-corrected chi connectivity index (χ2v) is 7.25. The number of aromatic hydroxyl groups is 1. The fourth-order valence-electron chi connectivity index (χ4n) is 1.97. The zero-order chi connectivity index (χ0) is 23.9. The van der Waals surface area contributed by atoms with Crippen LogP contribution in [0.4, 0.5) is 13.2 Å². The van der Waals surface area contributed by atoms with Gasteiger partial charge in [0, 0.05) is 26.8 Å².